The molecule has 0 bridgehead atoms. The van der Waals surface area contributed by atoms with E-state index in [0.29, 0.717) is 0 Å². The third-order valence-electron chi connectivity index (χ3n) is 1.36. The van der Waals surface area contributed by atoms with Gasteiger partial charge in [0.1, 0.15) is 0 Å². The van der Waals surface area contributed by atoms with Gasteiger partial charge in [-0.15, -0.1) is 0 Å². The van der Waals surface area contributed by atoms with Crippen LogP contribution in [0.1, 0.15) is 20.8 Å². The van der Waals surface area contributed by atoms with Crippen molar-refractivity contribution in [3.8, 4) is 0 Å². The van der Waals surface area contributed by atoms with Crippen LogP contribution in [0.5, 0.6) is 0 Å². The molecular formula is C7H12F2NaO5S. The molecule has 91 valence electrons. The van der Waals surface area contributed by atoms with E-state index in [0.717, 1.165) is 0 Å². The van der Waals surface area contributed by atoms with Gasteiger partial charge in [-0.3, -0.25) is 9.35 Å². The first-order chi connectivity index (χ1) is 6.38. The molecule has 16 heavy (non-hydrogen) atoms. The molecule has 0 rings (SSSR count). The molecule has 0 aromatic carbocycles. The van der Waals surface area contributed by atoms with E-state index >= 15 is 0 Å². The van der Waals surface area contributed by atoms with Gasteiger partial charge in [0.25, 0.3) is 0 Å². The molecule has 1 N–H and O–H groups in total. The summed E-state index contributed by atoms with van der Waals surface area (Å²) in [5, 5.41) is -4.48. The fourth-order valence-corrected chi connectivity index (χ4v) is 0.648. The van der Waals surface area contributed by atoms with Gasteiger partial charge >= 0.3 is 21.3 Å². The SMILES string of the molecule is CC(C)(C)C(=O)OCC(F)(F)S(=O)(=O)O.[Na]. The van der Waals surface area contributed by atoms with Crippen LogP contribution in [0.15, 0.2) is 0 Å². The molecule has 9 heteroatoms. The molecule has 0 aromatic rings. The predicted molar refractivity (Wildman–Crippen MR) is 52.7 cm³/mol. The van der Waals surface area contributed by atoms with Crippen molar-refractivity contribution in [1.82, 2.24) is 0 Å². The fraction of sp³-hybridized carbons (Fsp3) is 0.857. The Labute approximate surface area is 115 Å². The molecule has 0 fully saturated rings. The number of halogens is 2. The van der Waals surface area contributed by atoms with Crippen LogP contribution in [0, 0.1) is 5.41 Å². The largest absolute Gasteiger partial charge is 0.458 e. The van der Waals surface area contributed by atoms with Gasteiger partial charge in [0, 0.05) is 29.6 Å². The molecule has 0 atom stereocenters. The summed E-state index contributed by atoms with van der Waals surface area (Å²) in [6.45, 7) is 2.56. The summed E-state index contributed by atoms with van der Waals surface area (Å²) < 4.78 is 57.5. The van der Waals surface area contributed by atoms with Crippen molar-refractivity contribution in [2.24, 2.45) is 5.41 Å². The molecular weight excluding hydrogens is 257 g/mol. The standard InChI is InChI=1S/C7H12F2O5S.Na/c1-6(2,3)5(10)14-4-7(8,9)15(11,12)13;/h4H2,1-3H3,(H,11,12,13);. The number of hydrogen-bond acceptors (Lipinski definition) is 4. The van der Waals surface area contributed by atoms with Crippen molar-refractivity contribution >= 4 is 45.6 Å². The molecule has 0 aliphatic carbocycles. The minimum atomic E-state index is -5.55. The average Bonchev–Trinajstić information content (AvgIpc) is 1.96. The average molecular weight is 269 g/mol. The zero-order valence-corrected chi connectivity index (χ0v) is 12.3. The minimum absolute atomic E-state index is 0. The smallest absolute Gasteiger partial charge is 0.402 e. The number of carbonyl (C=O) groups excluding carboxylic acids is 1. The van der Waals surface area contributed by atoms with E-state index in [1.54, 1.807) is 0 Å². The quantitative estimate of drug-likeness (QED) is 0.463. The fourth-order valence-electron chi connectivity index (χ4n) is 0.441. The van der Waals surface area contributed by atoms with Crippen molar-refractivity contribution in [3.63, 3.8) is 0 Å². The molecule has 0 aliphatic heterocycles. The Hall–Kier alpha value is 0.240. The second-order valence-electron chi connectivity index (χ2n) is 3.94. The predicted octanol–water partition coefficient (Wildman–Crippen LogP) is 0.675. The molecule has 0 saturated carbocycles. The molecule has 0 amide bonds. The summed E-state index contributed by atoms with van der Waals surface area (Å²) in [6.07, 6.45) is 0. The zero-order valence-electron chi connectivity index (χ0n) is 9.45. The van der Waals surface area contributed by atoms with Crippen molar-refractivity contribution in [1.29, 1.82) is 0 Å². The zero-order chi connectivity index (χ0) is 12.5. The van der Waals surface area contributed by atoms with Crippen LogP contribution in [-0.2, 0) is 19.6 Å². The van der Waals surface area contributed by atoms with Crippen LogP contribution in [0.3, 0.4) is 0 Å². The summed E-state index contributed by atoms with van der Waals surface area (Å²) in [5.74, 6) is -0.981. The van der Waals surface area contributed by atoms with E-state index in [4.69, 9.17) is 4.55 Å². The Kier molecular flexibility index (Phi) is 6.65. The van der Waals surface area contributed by atoms with E-state index in [9.17, 15) is 22.0 Å². The van der Waals surface area contributed by atoms with E-state index in [1.165, 1.54) is 20.8 Å². The van der Waals surface area contributed by atoms with Gasteiger partial charge in [-0.25, -0.2) is 0 Å². The normalized spacial score (nSPS) is 12.9. The third-order valence-corrected chi connectivity index (χ3v) is 2.23. The molecule has 0 heterocycles. The number of esters is 1. The van der Waals surface area contributed by atoms with Crippen LogP contribution in [0.2, 0.25) is 0 Å². The second kappa shape index (κ2) is 5.72. The summed E-state index contributed by atoms with van der Waals surface area (Å²) in [5.41, 5.74) is -1.02. The molecule has 0 spiro atoms. The number of ether oxygens (including phenoxy) is 1. The van der Waals surface area contributed by atoms with E-state index in [-0.39, 0.29) is 29.6 Å². The first kappa shape index (κ1) is 18.6. The van der Waals surface area contributed by atoms with Crippen LogP contribution in [-0.4, -0.2) is 60.4 Å². The summed E-state index contributed by atoms with van der Waals surface area (Å²) in [4.78, 5) is 11.0. The Morgan fingerprint density at radius 3 is 1.94 bits per heavy atom. The molecule has 0 aliphatic rings. The summed E-state index contributed by atoms with van der Waals surface area (Å²) in [6, 6.07) is 0. The van der Waals surface area contributed by atoms with Crippen LogP contribution in [0.4, 0.5) is 8.78 Å². The first-order valence-electron chi connectivity index (χ1n) is 3.90. The first-order valence-corrected chi connectivity index (χ1v) is 5.34. The maximum absolute atomic E-state index is 12.6. The van der Waals surface area contributed by atoms with Gasteiger partial charge in [-0.1, -0.05) is 0 Å². The molecule has 0 aromatic heterocycles. The Morgan fingerprint density at radius 1 is 1.31 bits per heavy atom. The van der Waals surface area contributed by atoms with Crippen LogP contribution >= 0.6 is 0 Å². The van der Waals surface area contributed by atoms with Gasteiger partial charge in [0.15, 0.2) is 6.61 Å². The maximum atomic E-state index is 12.6. The monoisotopic (exact) mass is 269 g/mol. The summed E-state index contributed by atoms with van der Waals surface area (Å²) >= 11 is 0. The number of alkyl halides is 2. The Morgan fingerprint density at radius 2 is 1.69 bits per heavy atom. The summed E-state index contributed by atoms with van der Waals surface area (Å²) in [7, 11) is -5.55. The van der Waals surface area contributed by atoms with Gasteiger partial charge in [0.2, 0.25) is 0 Å². The van der Waals surface area contributed by atoms with Crippen molar-refractivity contribution < 1.29 is 31.3 Å². The topological polar surface area (TPSA) is 80.7 Å². The van der Waals surface area contributed by atoms with E-state index < -0.39 is 33.4 Å². The van der Waals surface area contributed by atoms with Crippen LogP contribution < -0.4 is 0 Å². The van der Waals surface area contributed by atoms with Gasteiger partial charge in [0.05, 0.1) is 5.41 Å². The maximum Gasteiger partial charge on any atom is 0.402 e. The van der Waals surface area contributed by atoms with E-state index in [2.05, 4.69) is 4.74 Å². The number of carbonyl (C=O) groups is 1. The van der Waals surface area contributed by atoms with Crippen molar-refractivity contribution in [2.75, 3.05) is 6.61 Å². The van der Waals surface area contributed by atoms with Crippen molar-refractivity contribution in [3.05, 3.63) is 0 Å². The van der Waals surface area contributed by atoms with Crippen molar-refractivity contribution in [2.45, 2.75) is 26.0 Å². The van der Waals surface area contributed by atoms with Crippen LogP contribution in [0.25, 0.3) is 0 Å². The van der Waals surface area contributed by atoms with Gasteiger partial charge in [-0.2, -0.15) is 17.2 Å². The Bertz CT molecular complexity index is 346. The minimum Gasteiger partial charge on any atom is -0.458 e. The Balaban J connectivity index is 0. The van der Waals surface area contributed by atoms with Gasteiger partial charge in [-0.05, 0) is 20.8 Å². The molecule has 0 unspecified atom stereocenters. The van der Waals surface area contributed by atoms with E-state index in [1.807, 2.05) is 0 Å². The second-order valence-corrected chi connectivity index (χ2v) is 5.49. The molecule has 1 radical (unpaired) electrons. The molecule has 5 nitrogen and oxygen atoms in total. The molecule has 0 saturated heterocycles. The number of rotatable bonds is 3. The number of hydrogen-bond donors (Lipinski definition) is 1. The van der Waals surface area contributed by atoms with Gasteiger partial charge < -0.3 is 4.74 Å². The third kappa shape index (κ3) is 5.53.